The fraction of sp³-hybridized carbons (Fsp3) is 0.147. The van der Waals surface area contributed by atoms with Gasteiger partial charge in [-0.3, -0.25) is 14.9 Å². The lowest BCUT2D eigenvalue weighted by atomic mass is 9.99. The van der Waals surface area contributed by atoms with Gasteiger partial charge in [-0.2, -0.15) is 0 Å². The van der Waals surface area contributed by atoms with Gasteiger partial charge in [0.15, 0.2) is 17.6 Å². The van der Waals surface area contributed by atoms with Gasteiger partial charge in [-0.1, -0.05) is 60.7 Å². The largest absolute Gasteiger partial charge is 0.504 e. The van der Waals surface area contributed by atoms with Crippen LogP contribution in [0, 0.1) is 0 Å². The number of alkyl carbamates (subject to hydrolysis) is 1. The Hall–Kier alpha value is -5.77. The Kier molecular flexibility index (Phi) is 10.9. The third kappa shape index (κ3) is 8.86. The Labute approximate surface area is 255 Å². The molecule has 3 amide bonds. The smallest absolute Gasteiger partial charge is 0.414 e. The number of para-hydroxylation sites is 3. The first-order valence-corrected chi connectivity index (χ1v) is 13.8. The average molecular weight is 596 g/mol. The predicted octanol–water partition coefficient (Wildman–Crippen LogP) is 6.01. The molecule has 0 heterocycles. The Bertz CT molecular complexity index is 1590. The van der Waals surface area contributed by atoms with Crippen LogP contribution in [0.4, 0.5) is 16.2 Å². The number of nitrogens with two attached hydrogens (primary N) is 1. The third-order valence-electron chi connectivity index (χ3n) is 6.49. The van der Waals surface area contributed by atoms with Crippen LogP contribution in [0.2, 0.25) is 0 Å². The summed E-state index contributed by atoms with van der Waals surface area (Å²) >= 11 is 0. The zero-order valence-electron chi connectivity index (χ0n) is 24.0. The summed E-state index contributed by atoms with van der Waals surface area (Å²) in [5, 5.41) is 15.5. The molecule has 44 heavy (non-hydrogen) atoms. The molecule has 0 aliphatic rings. The van der Waals surface area contributed by atoms with E-state index in [2.05, 4.69) is 10.6 Å². The van der Waals surface area contributed by atoms with Crippen molar-refractivity contribution in [1.82, 2.24) is 5.32 Å². The van der Waals surface area contributed by atoms with Crippen LogP contribution in [-0.2, 0) is 9.53 Å². The van der Waals surface area contributed by atoms with Gasteiger partial charge in [-0.25, -0.2) is 4.79 Å². The molecule has 0 aliphatic carbocycles. The Morgan fingerprint density at radius 3 is 2.27 bits per heavy atom. The molecule has 0 radical (unpaired) electrons. The first-order chi connectivity index (χ1) is 21.3. The molecule has 4 aromatic carbocycles. The zero-order chi connectivity index (χ0) is 31.3. The van der Waals surface area contributed by atoms with Crippen molar-refractivity contribution in [3.8, 4) is 17.2 Å². The van der Waals surface area contributed by atoms with Gasteiger partial charge in [0.2, 0.25) is 5.91 Å². The van der Waals surface area contributed by atoms with Gasteiger partial charge in [-0.15, -0.1) is 0 Å². The summed E-state index contributed by atoms with van der Waals surface area (Å²) in [6.45, 7) is 0. The van der Waals surface area contributed by atoms with Crippen LogP contribution < -0.4 is 25.8 Å². The molecule has 2 atom stereocenters. The second-order valence-electron chi connectivity index (χ2n) is 9.60. The summed E-state index contributed by atoms with van der Waals surface area (Å²) in [6.07, 6.45) is 0.785. The van der Waals surface area contributed by atoms with Crippen molar-refractivity contribution in [2.45, 2.75) is 25.0 Å². The standard InChI is InChI=1S/C34H33N3O7/c1-42-29-21-20-24(22-28(29)38)32(44-34(41)37-33(40)23-12-4-2-5-13-23)30(43-25-14-6-3-7-15-25)18-10-11-19-31(39)36-27-17-9-8-16-26(27)35/h2-9,11-17,19-22,30,32,38H,10,18,35H2,1H3,(H,36,39)(H,37,40,41)/b19-11+/t30-,32-/m0/s1. The van der Waals surface area contributed by atoms with Crippen LogP contribution in [0.25, 0.3) is 0 Å². The molecule has 0 unspecified atom stereocenters. The van der Waals surface area contributed by atoms with Crippen LogP contribution in [-0.4, -0.2) is 36.2 Å². The van der Waals surface area contributed by atoms with Crippen LogP contribution >= 0.6 is 0 Å². The number of hydrogen-bond acceptors (Lipinski definition) is 8. The summed E-state index contributed by atoms with van der Waals surface area (Å²) < 4.78 is 17.2. The van der Waals surface area contributed by atoms with E-state index in [0.29, 0.717) is 29.1 Å². The molecular formula is C34H33N3O7. The number of amides is 3. The monoisotopic (exact) mass is 595 g/mol. The first kappa shape index (κ1) is 31.2. The summed E-state index contributed by atoms with van der Waals surface area (Å²) in [4.78, 5) is 38.2. The molecule has 0 fully saturated rings. The fourth-order valence-electron chi connectivity index (χ4n) is 4.32. The van der Waals surface area contributed by atoms with Crippen LogP contribution in [0.15, 0.2) is 115 Å². The van der Waals surface area contributed by atoms with Gasteiger partial charge < -0.3 is 30.4 Å². The minimum atomic E-state index is -1.08. The lowest BCUT2D eigenvalue weighted by molar-refractivity contribution is -0.111. The molecule has 0 saturated carbocycles. The van der Waals surface area contributed by atoms with Gasteiger partial charge in [0.25, 0.3) is 5.91 Å². The Morgan fingerprint density at radius 2 is 1.59 bits per heavy atom. The van der Waals surface area contributed by atoms with Crippen LogP contribution in [0.5, 0.6) is 17.2 Å². The maximum absolute atomic E-state index is 13.0. The number of nitrogen functional groups attached to an aromatic ring is 1. The highest BCUT2D eigenvalue weighted by molar-refractivity contribution is 6.03. The van der Waals surface area contributed by atoms with Crippen molar-refractivity contribution >= 4 is 29.3 Å². The molecule has 4 aromatic rings. The van der Waals surface area contributed by atoms with Crippen molar-refractivity contribution in [3.05, 3.63) is 126 Å². The van der Waals surface area contributed by atoms with E-state index < -0.39 is 24.2 Å². The quantitative estimate of drug-likeness (QED) is 0.115. The summed E-state index contributed by atoms with van der Waals surface area (Å²) in [7, 11) is 1.42. The normalized spacial score (nSPS) is 12.1. The number of hydrogen-bond donors (Lipinski definition) is 4. The van der Waals surface area contributed by atoms with E-state index in [0.717, 1.165) is 0 Å². The SMILES string of the molecule is COc1ccc([C@H](OC(=O)NC(=O)c2ccccc2)[C@H](CC/C=C/C(=O)Nc2ccccc2N)Oc2ccccc2)cc1O. The van der Waals surface area contributed by atoms with Gasteiger partial charge >= 0.3 is 6.09 Å². The predicted molar refractivity (Wildman–Crippen MR) is 167 cm³/mol. The second-order valence-corrected chi connectivity index (χ2v) is 9.60. The van der Waals surface area contributed by atoms with E-state index in [1.807, 2.05) is 6.07 Å². The van der Waals surface area contributed by atoms with Crippen LogP contribution in [0.1, 0.15) is 34.9 Å². The van der Waals surface area contributed by atoms with E-state index in [-0.39, 0.29) is 29.4 Å². The number of anilines is 2. The van der Waals surface area contributed by atoms with Gasteiger partial charge in [0.05, 0.1) is 18.5 Å². The number of imide groups is 1. The number of allylic oxidation sites excluding steroid dienone is 1. The maximum atomic E-state index is 13.0. The fourth-order valence-corrected chi connectivity index (χ4v) is 4.32. The van der Waals surface area contributed by atoms with E-state index >= 15 is 0 Å². The molecular weight excluding hydrogens is 562 g/mol. The molecule has 0 spiro atoms. The van der Waals surface area contributed by atoms with E-state index in [9.17, 15) is 19.5 Å². The summed E-state index contributed by atoms with van der Waals surface area (Å²) in [5.74, 6) is -0.444. The number of nitrogens with one attached hydrogen (secondary N) is 2. The summed E-state index contributed by atoms with van der Waals surface area (Å²) in [6, 6.07) is 28.7. The third-order valence-corrected chi connectivity index (χ3v) is 6.49. The molecule has 4 rings (SSSR count). The van der Waals surface area contributed by atoms with Crippen molar-refractivity contribution < 1.29 is 33.7 Å². The van der Waals surface area contributed by atoms with Crippen molar-refractivity contribution in [3.63, 3.8) is 0 Å². The van der Waals surface area contributed by atoms with E-state index in [1.165, 1.54) is 25.3 Å². The molecule has 0 bridgehead atoms. The second kappa shape index (κ2) is 15.5. The van der Waals surface area contributed by atoms with Gasteiger partial charge in [-0.05, 0) is 67.4 Å². The molecule has 0 saturated heterocycles. The number of benzene rings is 4. The molecule has 226 valence electrons. The average Bonchev–Trinajstić information content (AvgIpc) is 3.03. The minimum Gasteiger partial charge on any atom is -0.504 e. The van der Waals surface area contributed by atoms with E-state index in [4.69, 9.17) is 19.9 Å². The van der Waals surface area contributed by atoms with Crippen LogP contribution in [0.3, 0.4) is 0 Å². The topological polar surface area (TPSA) is 149 Å². The minimum absolute atomic E-state index is 0.172. The number of ether oxygens (including phenoxy) is 3. The molecule has 10 heteroatoms. The number of phenolic OH excluding ortho intramolecular Hbond substituents is 1. The zero-order valence-corrected chi connectivity index (χ0v) is 24.0. The molecule has 5 N–H and O–H groups in total. The number of carbonyl (C=O) groups excluding carboxylic acids is 3. The maximum Gasteiger partial charge on any atom is 0.414 e. The molecule has 10 nitrogen and oxygen atoms in total. The van der Waals surface area contributed by atoms with Crippen molar-refractivity contribution in [2.24, 2.45) is 0 Å². The van der Waals surface area contributed by atoms with Crippen molar-refractivity contribution in [2.75, 3.05) is 18.2 Å². The number of rotatable bonds is 12. The Morgan fingerprint density at radius 1 is 0.909 bits per heavy atom. The van der Waals surface area contributed by atoms with Gasteiger partial charge in [0, 0.05) is 11.1 Å². The number of carbonyl (C=O) groups is 3. The highest BCUT2D eigenvalue weighted by Crippen LogP contribution is 2.34. The van der Waals surface area contributed by atoms with Crippen molar-refractivity contribution in [1.29, 1.82) is 0 Å². The van der Waals surface area contributed by atoms with Gasteiger partial charge in [0.1, 0.15) is 11.9 Å². The highest BCUT2D eigenvalue weighted by atomic mass is 16.6. The summed E-state index contributed by atoms with van der Waals surface area (Å²) in [5.41, 5.74) is 7.52. The first-order valence-electron chi connectivity index (χ1n) is 13.8. The van der Waals surface area contributed by atoms with E-state index in [1.54, 1.807) is 91.0 Å². The number of aromatic hydroxyl groups is 1. The molecule has 0 aliphatic heterocycles. The lowest BCUT2D eigenvalue weighted by Crippen LogP contribution is -2.36. The lowest BCUT2D eigenvalue weighted by Gasteiger charge is -2.28. The Balaban J connectivity index is 1.56. The number of phenols is 1. The molecule has 0 aromatic heterocycles. The number of methoxy groups -OCH3 is 1. The highest BCUT2D eigenvalue weighted by Gasteiger charge is 2.30.